The summed E-state index contributed by atoms with van der Waals surface area (Å²) in [6, 6.07) is -0.767. The molecule has 0 aromatic carbocycles. The lowest BCUT2D eigenvalue weighted by Gasteiger charge is -2.56. The van der Waals surface area contributed by atoms with Crippen LogP contribution in [0.2, 0.25) is 0 Å². The summed E-state index contributed by atoms with van der Waals surface area (Å²) in [5.41, 5.74) is -0.0304. The van der Waals surface area contributed by atoms with Crippen molar-refractivity contribution in [2.24, 2.45) is 23.7 Å². The van der Waals surface area contributed by atoms with Crippen LogP contribution in [0.5, 0.6) is 0 Å². The van der Waals surface area contributed by atoms with Gasteiger partial charge in [0.2, 0.25) is 0 Å². The Morgan fingerprint density at radius 2 is 1.61 bits per heavy atom. The van der Waals surface area contributed by atoms with Crippen molar-refractivity contribution < 1.29 is 14.3 Å². The van der Waals surface area contributed by atoms with Gasteiger partial charge in [0.25, 0.3) is 0 Å². The van der Waals surface area contributed by atoms with Crippen molar-refractivity contribution >= 4 is 12.0 Å². The van der Waals surface area contributed by atoms with E-state index in [1.54, 1.807) is 0 Å². The first kappa shape index (κ1) is 16.6. The molecule has 130 valence electrons. The molecule has 2 amide bonds. The number of carbonyl (C=O) groups is 2. The molecule has 4 bridgehead atoms. The Morgan fingerprint density at radius 1 is 1.09 bits per heavy atom. The van der Waals surface area contributed by atoms with Gasteiger partial charge >= 0.3 is 12.0 Å². The average Bonchev–Trinajstić information content (AvgIpc) is 2.43. The first-order valence-corrected chi connectivity index (χ1v) is 9.05. The highest BCUT2D eigenvalue weighted by atomic mass is 16.5. The lowest BCUT2D eigenvalue weighted by atomic mass is 9.53. The molecule has 5 heteroatoms. The Kier molecular flexibility index (Phi) is 4.56. The molecule has 5 nitrogen and oxygen atoms in total. The fourth-order valence-corrected chi connectivity index (χ4v) is 5.53. The van der Waals surface area contributed by atoms with Gasteiger partial charge in [-0.2, -0.15) is 0 Å². The molecule has 0 spiro atoms. The zero-order valence-corrected chi connectivity index (χ0v) is 14.6. The maximum atomic E-state index is 12.5. The lowest BCUT2D eigenvalue weighted by molar-refractivity contribution is -0.143. The summed E-state index contributed by atoms with van der Waals surface area (Å²) in [6.07, 6.45) is 7.97. The molecule has 4 aliphatic carbocycles. The number of amides is 2. The van der Waals surface area contributed by atoms with Crippen molar-refractivity contribution in [1.29, 1.82) is 0 Å². The molecule has 0 aromatic rings. The number of hydrogen-bond acceptors (Lipinski definition) is 3. The summed E-state index contributed by atoms with van der Waals surface area (Å²) in [5, 5.41) is 6.10. The topological polar surface area (TPSA) is 67.4 Å². The molecule has 1 unspecified atom stereocenters. The number of nitrogens with one attached hydrogen (secondary N) is 2. The fourth-order valence-electron chi connectivity index (χ4n) is 5.53. The Bertz CT molecular complexity index is 440. The van der Waals surface area contributed by atoms with E-state index >= 15 is 0 Å². The third-order valence-electron chi connectivity index (χ3n) is 5.92. The second-order valence-corrected chi connectivity index (χ2v) is 8.50. The highest BCUT2D eigenvalue weighted by Gasteiger charge is 2.51. The predicted octanol–water partition coefficient (Wildman–Crippen LogP) is 2.84. The first-order valence-electron chi connectivity index (χ1n) is 9.05. The number of hydrogen-bond donors (Lipinski definition) is 2. The summed E-state index contributed by atoms with van der Waals surface area (Å²) in [7, 11) is 1.37. The Hall–Kier alpha value is -1.26. The number of rotatable bonds is 5. The van der Waals surface area contributed by atoms with E-state index < -0.39 is 6.04 Å². The second kappa shape index (κ2) is 6.33. The molecule has 0 aromatic heterocycles. The number of carbonyl (C=O) groups excluding carboxylic acids is 2. The summed E-state index contributed by atoms with van der Waals surface area (Å²) >= 11 is 0. The van der Waals surface area contributed by atoms with E-state index in [4.69, 9.17) is 4.74 Å². The van der Waals surface area contributed by atoms with Crippen molar-refractivity contribution in [3.05, 3.63) is 0 Å². The highest BCUT2D eigenvalue weighted by Crippen LogP contribution is 2.55. The van der Waals surface area contributed by atoms with E-state index in [9.17, 15) is 9.59 Å². The molecule has 1 atom stereocenters. The Morgan fingerprint density at radius 3 is 2.04 bits per heavy atom. The van der Waals surface area contributed by atoms with Gasteiger partial charge in [0, 0.05) is 5.54 Å². The lowest BCUT2D eigenvalue weighted by Crippen LogP contribution is -2.62. The average molecular weight is 322 g/mol. The molecule has 0 heterocycles. The van der Waals surface area contributed by atoms with Gasteiger partial charge in [-0.15, -0.1) is 0 Å². The van der Waals surface area contributed by atoms with Gasteiger partial charge in [0.1, 0.15) is 6.04 Å². The van der Waals surface area contributed by atoms with E-state index in [1.165, 1.54) is 26.4 Å². The van der Waals surface area contributed by atoms with Gasteiger partial charge in [-0.05, 0) is 68.6 Å². The maximum Gasteiger partial charge on any atom is 0.328 e. The number of ether oxygens (including phenoxy) is 1. The number of methoxy groups -OCH3 is 1. The summed E-state index contributed by atoms with van der Waals surface area (Å²) in [5.74, 6) is 2.31. The molecule has 4 aliphatic rings. The number of esters is 1. The van der Waals surface area contributed by atoms with Crippen molar-refractivity contribution in [1.82, 2.24) is 10.6 Å². The van der Waals surface area contributed by atoms with Crippen LogP contribution in [-0.4, -0.2) is 30.7 Å². The van der Waals surface area contributed by atoms with E-state index in [0.717, 1.165) is 37.0 Å². The van der Waals surface area contributed by atoms with Crippen LogP contribution >= 0.6 is 0 Å². The molecule has 4 fully saturated rings. The molecule has 0 radical (unpaired) electrons. The second-order valence-electron chi connectivity index (χ2n) is 8.50. The fraction of sp³-hybridized carbons (Fsp3) is 0.889. The van der Waals surface area contributed by atoms with Crippen LogP contribution in [0.15, 0.2) is 0 Å². The summed E-state index contributed by atoms with van der Waals surface area (Å²) in [6.45, 7) is 4.07. The Labute approximate surface area is 138 Å². The van der Waals surface area contributed by atoms with Crippen molar-refractivity contribution in [3.63, 3.8) is 0 Å². The SMILES string of the molecule is COC(=O)C(CC(C)C)NC(=O)NC12CC3CC(CC(C3)C1)C2. The molecular weight excluding hydrogens is 292 g/mol. The van der Waals surface area contributed by atoms with E-state index in [0.29, 0.717) is 12.3 Å². The van der Waals surface area contributed by atoms with Crippen LogP contribution in [0.3, 0.4) is 0 Å². The summed E-state index contributed by atoms with van der Waals surface area (Å²) < 4.78 is 4.83. The molecule has 4 rings (SSSR count). The maximum absolute atomic E-state index is 12.5. The van der Waals surface area contributed by atoms with Crippen LogP contribution in [0.1, 0.15) is 58.8 Å². The van der Waals surface area contributed by atoms with Gasteiger partial charge in [0.15, 0.2) is 0 Å². The van der Waals surface area contributed by atoms with Crippen LogP contribution in [0.25, 0.3) is 0 Å². The molecule has 0 aliphatic heterocycles. The molecule has 2 N–H and O–H groups in total. The smallest absolute Gasteiger partial charge is 0.328 e. The minimum absolute atomic E-state index is 0.0304. The van der Waals surface area contributed by atoms with Gasteiger partial charge in [0.05, 0.1) is 7.11 Å². The van der Waals surface area contributed by atoms with Gasteiger partial charge < -0.3 is 15.4 Å². The van der Waals surface area contributed by atoms with Crippen LogP contribution in [-0.2, 0) is 9.53 Å². The molecule has 23 heavy (non-hydrogen) atoms. The van der Waals surface area contributed by atoms with E-state index in [-0.39, 0.29) is 17.5 Å². The van der Waals surface area contributed by atoms with Gasteiger partial charge in [-0.3, -0.25) is 0 Å². The normalized spacial score (nSPS) is 35.9. The van der Waals surface area contributed by atoms with Crippen molar-refractivity contribution in [3.8, 4) is 0 Å². The minimum Gasteiger partial charge on any atom is -0.467 e. The molecule has 4 saturated carbocycles. The molecule has 0 saturated heterocycles. The number of urea groups is 1. The standard InChI is InChI=1S/C18H30N2O3/c1-11(2)4-15(16(21)23-3)19-17(22)20-18-8-12-5-13(9-18)7-14(6-12)10-18/h11-15H,4-10H2,1-3H3,(H2,19,20,22). The zero-order valence-electron chi connectivity index (χ0n) is 14.6. The minimum atomic E-state index is -0.561. The van der Waals surface area contributed by atoms with E-state index in [2.05, 4.69) is 10.6 Å². The third-order valence-corrected chi connectivity index (χ3v) is 5.92. The molecular formula is C18H30N2O3. The van der Waals surface area contributed by atoms with Gasteiger partial charge in [-0.1, -0.05) is 13.8 Å². The van der Waals surface area contributed by atoms with Crippen molar-refractivity contribution in [2.45, 2.75) is 70.4 Å². The van der Waals surface area contributed by atoms with Crippen LogP contribution in [0, 0.1) is 23.7 Å². The monoisotopic (exact) mass is 322 g/mol. The largest absolute Gasteiger partial charge is 0.467 e. The predicted molar refractivity (Wildman–Crippen MR) is 87.8 cm³/mol. The van der Waals surface area contributed by atoms with Crippen molar-refractivity contribution in [2.75, 3.05) is 7.11 Å². The summed E-state index contributed by atoms with van der Waals surface area (Å²) in [4.78, 5) is 24.4. The zero-order chi connectivity index (χ0) is 16.6. The first-order chi connectivity index (χ1) is 10.9. The van der Waals surface area contributed by atoms with Gasteiger partial charge in [-0.25, -0.2) is 9.59 Å². The highest BCUT2D eigenvalue weighted by molar-refractivity contribution is 5.83. The third kappa shape index (κ3) is 3.64. The quantitative estimate of drug-likeness (QED) is 0.765. The Balaban J connectivity index is 1.61. The van der Waals surface area contributed by atoms with Crippen LogP contribution in [0.4, 0.5) is 4.79 Å². The van der Waals surface area contributed by atoms with Crippen LogP contribution < -0.4 is 10.6 Å². The van der Waals surface area contributed by atoms with E-state index in [1.807, 2.05) is 13.8 Å².